The molecule has 0 radical (unpaired) electrons. The first-order chi connectivity index (χ1) is 9.69. The average Bonchev–Trinajstić information content (AvgIpc) is 2.88. The number of ether oxygens (including phenoxy) is 2. The molecule has 1 aromatic carbocycles. The number of hydrazine groups is 1. The summed E-state index contributed by atoms with van der Waals surface area (Å²) in [5, 5.41) is 0. The number of benzene rings is 1. The van der Waals surface area contributed by atoms with Crippen molar-refractivity contribution in [3.05, 3.63) is 18.2 Å². The Bertz CT molecular complexity index is 561. The molecule has 1 fully saturated rings. The summed E-state index contributed by atoms with van der Waals surface area (Å²) < 4.78 is 10.9. The molecule has 2 amide bonds. The number of rotatable bonds is 2. The second kappa shape index (κ2) is 5.01. The number of carbonyl (C=O) groups is 2. The van der Waals surface area contributed by atoms with E-state index in [9.17, 15) is 9.59 Å². The second-order valence-corrected chi connectivity index (χ2v) is 4.74. The van der Waals surface area contributed by atoms with Crippen molar-refractivity contribution in [2.75, 3.05) is 24.7 Å². The van der Waals surface area contributed by atoms with Crippen LogP contribution in [0.5, 0.6) is 11.5 Å². The van der Waals surface area contributed by atoms with Gasteiger partial charge in [0, 0.05) is 24.7 Å². The molecule has 1 aromatic rings. The summed E-state index contributed by atoms with van der Waals surface area (Å²) in [6.07, 6.45) is 0.164. The molecule has 2 heterocycles. The Labute approximate surface area is 115 Å². The first-order valence-corrected chi connectivity index (χ1v) is 6.39. The van der Waals surface area contributed by atoms with Crippen molar-refractivity contribution in [1.82, 2.24) is 5.43 Å². The monoisotopic (exact) mass is 277 g/mol. The number of hydrogen-bond donors (Lipinski definition) is 2. The molecule has 0 unspecified atom stereocenters. The van der Waals surface area contributed by atoms with Gasteiger partial charge < -0.3 is 14.4 Å². The Kier molecular flexibility index (Phi) is 3.19. The predicted molar refractivity (Wildman–Crippen MR) is 70.2 cm³/mol. The maximum atomic E-state index is 12.0. The molecule has 0 spiro atoms. The van der Waals surface area contributed by atoms with Gasteiger partial charge in [-0.3, -0.25) is 15.0 Å². The lowest BCUT2D eigenvalue weighted by molar-refractivity contribution is -0.126. The predicted octanol–water partition coefficient (Wildman–Crippen LogP) is -0.199. The van der Waals surface area contributed by atoms with E-state index >= 15 is 0 Å². The van der Waals surface area contributed by atoms with Gasteiger partial charge in [0.05, 0.1) is 5.92 Å². The minimum atomic E-state index is -0.416. The lowest BCUT2D eigenvalue weighted by Gasteiger charge is -2.22. The number of nitrogens with two attached hydrogens (primary N) is 1. The zero-order chi connectivity index (χ0) is 14.1. The fourth-order valence-electron chi connectivity index (χ4n) is 2.45. The van der Waals surface area contributed by atoms with Crippen molar-refractivity contribution in [3.63, 3.8) is 0 Å². The summed E-state index contributed by atoms with van der Waals surface area (Å²) in [7, 11) is 0. The molecule has 20 heavy (non-hydrogen) atoms. The number of anilines is 1. The van der Waals surface area contributed by atoms with Crippen molar-refractivity contribution < 1.29 is 19.1 Å². The van der Waals surface area contributed by atoms with E-state index < -0.39 is 5.92 Å². The quantitative estimate of drug-likeness (QED) is 0.443. The third kappa shape index (κ3) is 2.16. The number of amides is 2. The standard InChI is InChI=1S/C13H15N3O4/c14-15-13(18)8-5-12(17)16(7-8)9-1-2-10-11(6-9)20-4-3-19-10/h1-2,6,8H,3-5,7,14H2,(H,15,18)/t8-/m0/s1. The fourth-order valence-corrected chi connectivity index (χ4v) is 2.45. The third-order valence-electron chi connectivity index (χ3n) is 3.48. The van der Waals surface area contributed by atoms with Crippen molar-refractivity contribution in [2.24, 2.45) is 11.8 Å². The van der Waals surface area contributed by atoms with E-state index in [1.54, 1.807) is 23.1 Å². The van der Waals surface area contributed by atoms with E-state index in [-0.39, 0.29) is 18.2 Å². The first-order valence-electron chi connectivity index (χ1n) is 6.39. The Morgan fingerprint density at radius 2 is 2.05 bits per heavy atom. The summed E-state index contributed by atoms with van der Waals surface area (Å²) in [5.74, 6) is 5.56. The average molecular weight is 277 g/mol. The molecule has 0 saturated carbocycles. The van der Waals surface area contributed by atoms with Gasteiger partial charge in [0.15, 0.2) is 11.5 Å². The van der Waals surface area contributed by atoms with Gasteiger partial charge in [-0.2, -0.15) is 0 Å². The van der Waals surface area contributed by atoms with E-state index in [0.29, 0.717) is 36.9 Å². The molecular formula is C13H15N3O4. The highest BCUT2D eigenvalue weighted by Gasteiger charge is 2.35. The third-order valence-corrected chi connectivity index (χ3v) is 3.48. The molecule has 2 aliphatic rings. The molecule has 7 nitrogen and oxygen atoms in total. The van der Waals surface area contributed by atoms with Crippen molar-refractivity contribution in [3.8, 4) is 11.5 Å². The number of nitrogens with one attached hydrogen (secondary N) is 1. The van der Waals surface area contributed by atoms with Crippen molar-refractivity contribution in [2.45, 2.75) is 6.42 Å². The van der Waals surface area contributed by atoms with Gasteiger partial charge in [0.1, 0.15) is 13.2 Å². The number of carbonyl (C=O) groups excluding carboxylic acids is 2. The number of hydrogen-bond acceptors (Lipinski definition) is 5. The molecule has 1 saturated heterocycles. The van der Waals surface area contributed by atoms with Crippen LogP contribution in [0.3, 0.4) is 0 Å². The minimum absolute atomic E-state index is 0.102. The SMILES string of the molecule is NNC(=O)[C@H]1CC(=O)N(c2ccc3c(c2)OCCO3)C1. The Morgan fingerprint density at radius 3 is 2.80 bits per heavy atom. The lowest BCUT2D eigenvalue weighted by atomic mass is 10.1. The van der Waals surface area contributed by atoms with Gasteiger partial charge in [-0.05, 0) is 12.1 Å². The Morgan fingerprint density at radius 1 is 1.30 bits per heavy atom. The van der Waals surface area contributed by atoms with Crippen LogP contribution in [0.2, 0.25) is 0 Å². The van der Waals surface area contributed by atoms with Gasteiger partial charge in [0.2, 0.25) is 11.8 Å². The number of nitrogens with zero attached hydrogens (tertiary/aromatic N) is 1. The zero-order valence-corrected chi connectivity index (χ0v) is 10.8. The van der Waals surface area contributed by atoms with Crippen LogP contribution in [0.4, 0.5) is 5.69 Å². The van der Waals surface area contributed by atoms with Crippen LogP contribution in [-0.4, -0.2) is 31.6 Å². The maximum absolute atomic E-state index is 12.0. The van der Waals surface area contributed by atoms with Crippen LogP contribution in [0.1, 0.15) is 6.42 Å². The molecule has 106 valence electrons. The van der Waals surface area contributed by atoms with E-state index in [0.717, 1.165) is 0 Å². The summed E-state index contributed by atoms with van der Waals surface area (Å²) in [6.45, 7) is 1.33. The summed E-state index contributed by atoms with van der Waals surface area (Å²) >= 11 is 0. The van der Waals surface area contributed by atoms with Crippen LogP contribution in [0.15, 0.2) is 18.2 Å². The highest BCUT2D eigenvalue weighted by molar-refractivity contribution is 6.00. The summed E-state index contributed by atoms with van der Waals surface area (Å²) in [5.41, 5.74) is 2.79. The van der Waals surface area contributed by atoms with Crippen LogP contribution >= 0.6 is 0 Å². The second-order valence-electron chi connectivity index (χ2n) is 4.74. The normalized spacial score (nSPS) is 20.9. The lowest BCUT2D eigenvalue weighted by Crippen LogP contribution is -2.37. The van der Waals surface area contributed by atoms with Gasteiger partial charge in [-0.15, -0.1) is 0 Å². The number of fused-ring (bicyclic) bond motifs is 1. The fraction of sp³-hybridized carbons (Fsp3) is 0.385. The van der Waals surface area contributed by atoms with Crippen molar-refractivity contribution in [1.29, 1.82) is 0 Å². The van der Waals surface area contributed by atoms with Crippen LogP contribution < -0.4 is 25.6 Å². The molecule has 3 N–H and O–H groups in total. The molecule has 0 bridgehead atoms. The van der Waals surface area contributed by atoms with E-state index in [1.165, 1.54) is 0 Å². The van der Waals surface area contributed by atoms with Crippen LogP contribution in [-0.2, 0) is 9.59 Å². The molecule has 2 aliphatic heterocycles. The Hall–Kier alpha value is -2.28. The topological polar surface area (TPSA) is 93.9 Å². The highest BCUT2D eigenvalue weighted by atomic mass is 16.6. The van der Waals surface area contributed by atoms with E-state index in [1.807, 2.05) is 0 Å². The summed E-state index contributed by atoms with van der Waals surface area (Å²) in [4.78, 5) is 25.1. The minimum Gasteiger partial charge on any atom is -0.486 e. The highest BCUT2D eigenvalue weighted by Crippen LogP contribution is 2.35. The van der Waals surface area contributed by atoms with E-state index in [2.05, 4.69) is 5.43 Å². The van der Waals surface area contributed by atoms with Gasteiger partial charge in [-0.25, -0.2) is 5.84 Å². The van der Waals surface area contributed by atoms with Crippen molar-refractivity contribution >= 4 is 17.5 Å². The molecule has 3 rings (SSSR count). The molecule has 0 aliphatic carbocycles. The maximum Gasteiger partial charge on any atom is 0.239 e. The molecule has 7 heteroatoms. The van der Waals surface area contributed by atoms with E-state index in [4.69, 9.17) is 15.3 Å². The largest absolute Gasteiger partial charge is 0.486 e. The summed E-state index contributed by atoms with van der Waals surface area (Å²) in [6, 6.07) is 5.32. The molecular weight excluding hydrogens is 262 g/mol. The molecule has 0 aromatic heterocycles. The first kappa shape index (κ1) is 12.7. The zero-order valence-electron chi connectivity index (χ0n) is 10.8. The van der Waals surface area contributed by atoms with Gasteiger partial charge >= 0.3 is 0 Å². The molecule has 1 atom stereocenters. The van der Waals surface area contributed by atoms with Gasteiger partial charge in [0.25, 0.3) is 0 Å². The van der Waals surface area contributed by atoms with Gasteiger partial charge in [-0.1, -0.05) is 0 Å². The van der Waals surface area contributed by atoms with Crippen LogP contribution in [0.25, 0.3) is 0 Å². The van der Waals surface area contributed by atoms with Crippen LogP contribution in [0, 0.1) is 5.92 Å². The Balaban J connectivity index is 1.82. The smallest absolute Gasteiger partial charge is 0.239 e.